The van der Waals surface area contributed by atoms with E-state index in [4.69, 9.17) is 14.5 Å². The molecule has 3 N–H and O–H groups in total. The second-order valence-corrected chi connectivity index (χ2v) is 7.20. The minimum atomic E-state index is 0.195. The first-order valence-electron chi connectivity index (χ1n) is 10.3. The topological polar surface area (TPSA) is 75.1 Å². The number of methoxy groups -OCH3 is 1. The quantitative estimate of drug-likeness (QED) is 0.423. The number of para-hydroxylation sites is 2. The van der Waals surface area contributed by atoms with Gasteiger partial charge < -0.3 is 25.2 Å². The fourth-order valence-electron chi connectivity index (χ4n) is 3.02. The van der Waals surface area contributed by atoms with E-state index in [0.29, 0.717) is 25.3 Å². The van der Waals surface area contributed by atoms with Crippen LogP contribution in [-0.4, -0.2) is 37.9 Å². The van der Waals surface area contributed by atoms with Gasteiger partial charge in [-0.05, 0) is 49.8 Å². The Balaban J connectivity index is 1.57. The normalized spacial score (nSPS) is 13.8. The van der Waals surface area contributed by atoms with Crippen LogP contribution in [0.2, 0.25) is 0 Å². The number of rotatable bonds is 10. The molecule has 0 spiro atoms. The summed E-state index contributed by atoms with van der Waals surface area (Å²) in [4.78, 5) is 4.70. The van der Waals surface area contributed by atoms with E-state index < -0.39 is 0 Å². The van der Waals surface area contributed by atoms with Crippen molar-refractivity contribution < 1.29 is 14.6 Å². The minimum Gasteiger partial charge on any atom is -0.504 e. The zero-order valence-electron chi connectivity index (χ0n) is 17.3. The molecule has 0 aromatic heterocycles. The first kappa shape index (κ1) is 20.8. The lowest BCUT2D eigenvalue weighted by molar-refractivity contribution is 0.297. The summed E-state index contributed by atoms with van der Waals surface area (Å²) in [7, 11) is 1.55. The minimum absolute atomic E-state index is 0.195. The van der Waals surface area contributed by atoms with Gasteiger partial charge in [-0.25, -0.2) is 4.99 Å². The van der Waals surface area contributed by atoms with Crippen LogP contribution in [0.5, 0.6) is 17.2 Å². The molecule has 6 nitrogen and oxygen atoms in total. The predicted molar refractivity (Wildman–Crippen MR) is 116 cm³/mol. The molecule has 0 unspecified atom stereocenters. The van der Waals surface area contributed by atoms with Crippen molar-refractivity contribution in [2.45, 2.75) is 32.7 Å². The van der Waals surface area contributed by atoms with Crippen LogP contribution in [0.3, 0.4) is 0 Å². The van der Waals surface area contributed by atoms with Gasteiger partial charge in [0.1, 0.15) is 5.75 Å². The Hall–Kier alpha value is -2.89. The van der Waals surface area contributed by atoms with Crippen molar-refractivity contribution in [1.82, 2.24) is 10.6 Å². The maximum atomic E-state index is 10.2. The molecule has 0 aliphatic heterocycles. The number of nitrogens with zero attached hydrogens (tertiary/aromatic N) is 1. The Labute approximate surface area is 173 Å². The predicted octanol–water partition coefficient (Wildman–Crippen LogP) is 3.49. The van der Waals surface area contributed by atoms with Gasteiger partial charge in [0.2, 0.25) is 0 Å². The summed E-state index contributed by atoms with van der Waals surface area (Å²) in [6.45, 7) is 4.80. The lowest BCUT2D eigenvalue weighted by atomic mass is 10.1. The Bertz CT molecular complexity index is 819. The second-order valence-electron chi connectivity index (χ2n) is 7.20. The molecule has 0 bridgehead atoms. The van der Waals surface area contributed by atoms with Crippen LogP contribution in [0.25, 0.3) is 0 Å². The first-order chi connectivity index (χ1) is 14.2. The van der Waals surface area contributed by atoms with Gasteiger partial charge in [-0.2, -0.15) is 0 Å². The molecule has 2 aromatic carbocycles. The van der Waals surface area contributed by atoms with E-state index in [1.54, 1.807) is 13.2 Å². The number of ether oxygens (including phenoxy) is 2. The lowest BCUT2D eigenvalue weighted by Crippen LogP contribution is -2.38. The SMILES string of the molecule is CCNC(=NCc1ccccc1OCC1CC1)NCCc1cccc(OC)c1O. The number of guanidine groups is 1. The zero-order chi connectivity index (χ0) is 20.5. The highest BCUT2D eigenvalue weighted by molar-refractivity contribution is 5.79. The number of benzene rings is 2. The van der Waals surface area contributed by atoms with Crippen molar-refractivity contribution in [3.63, 3.8) is 0 Å². The molecule has 1 aliphatic rings. The summed E-state index contributed by atoms with van der Waals surface area (Å²) >= 11 is 0. The maximum Gasteiger partial charge on any atom is 0.191 e. The van der Waals surface area contributed by atoms with Gasteiger partial charge >= 0.3 is 0 Å². The third-order valence-electron chi connectivity index (χ3n) is 4.89. The van der Waals surface area contributed by atoms with Gasteiger partial charge in [-0.3, -0.25) is 0 Å². The summed E-state index contributed by atoms with van der Waals surface area (Å²) < 4.78 is 11.1. The highest BCUT2D eigenvalue weighted by Crippen LogP contribution is 2.31. The number of hydrogen-bond acceptors (Lipinski definition) is 4. The van der Waals surface area contributed by atoms with E-state index in [0.717, 1.165) is 41.9 Å². The third-order valence-corrected chi connectivity index (χ3v) is 4.89. The van der Waals surface area contributed by atoms with Gasteiger partial charge in [0.25, 0.3) is 0 Å². The average Bonchev–Trinajstić information content (AvgIpc) is 3.57. The standard InChI is InChI=1S/C23H31N3O3/c1-3-24-23(25-14-13-18-8-6-10-21(28-2)22(18)27)26-15-19-7-4-5-9-20(19)29-16-17-11-12-17/h4-10,17,27H,3,11-16H2,1-2H3,(H2,24,25,26). The van der Waals surface area contributed by atoms with Crippen LogP contribution in [0.15, 0.2) is 47.5 Å². The van der Waals surface area contributed by atoms with Crippen LogP contribution >= 0.6 is 0 Å². The Kier molecular flexibility index (Phi) is 7.61. The van der Waals surface area contributed by atoms with Gasteiger partial charge in [0.15, 0.2) is 17.5 Å². The van der Waals surface area contributed by atoms with E-state index >= 15 is 0 Å². The molecule has 1 saturated carbocycles. The summed E-state index contributed by atoms with van der Waals surface area (Å²) in [5.74, 6) is 3.07. The van der Waals surface area contributed by atoms with E-state index in [1.807, 2.05) is 37.3 Å². The Morgan fingerprint density at radius 2 is 1.83 bits per heavy atom. The molecule has 3 rings (SSSR count). The fraction of sp³-hybridized carbons (Fsp3) is 0.435. The Morgan fingerprint density at radius 1 is 1.07 bits per heavy atom. The van der Waals surface area contributed by atoms with Gasteiger partial charge in [-0.15, -0.1) is 0 Å². The fourth-order valence-corrected chi connectivity index (χ4v) is 3.02. The molecule has 0 amide bonds. The third kappa shape index (κ3) is 6.31. The van der Waals surface area contributed by atoms with Crippen LogP contribution in [-0.2, 0) is 13.0 Å². The largest absolute Gasteiger partial charge is 0.504 e. The molecular weight excluding hydrogens is 366 g/mol. The van der Waals surface area contributed by atoms with Gasteiger partial charge in [0.05, 0.1) is 20.3 Å². The molecule has 156 valence electrons. The molecular formula is C23H31N3O3. The van der Waals surface area contributed by atoms with Crippen LogP contribution < -0.4 is 20.1 Å². The molecule has 0 heterocycles. The van der Waals surface area contributed by atoms with Crippen molar-refractivity contribution >= 4 is 5.96 Å². The summed E-state index contributed by atoms with van der Waals surface area (Å²) in [5.41, 5.74) is 1.92. The molecule has 29 heavy (non-hydrogen) atoms. The van der Waals surface area contributed by atoms with E-state index in [2.05, 4.69) is 16.7 Å². The highest BCUT2D eigenvalue weighted by Gasteiger charge is 2.22. The summed E-state index contributed by atoms with van der Waals surface area (Å²) in [6, 6.07) is 13.6. The van der Waals surface area contributed by atoms with Crippen molar-refractivity contribution in [3.8, 4) is 17.2 Å². The number of aliphatic imine (C=N–C) groups is 1. The van der Waals surface area contributed by atoms with Gasteiger partial charge in [0, 0.05) is 18.7 Å². The lowest BCUT2D eigenvalue weighted by Gasteiger charge is -2.14. The van der Waals surface area contributed by atoms with Crippen LogP contribution in [0, 0.1) is 5.92 Å². The second kappa shape index (κ2) is 10.6. The summed E-state index contributed by atoms with van der Waals surface area (Å²) in [6.07, 6.45) is 3.21. The molecule has 6 heteroatoms. The molecule has 1 fully saturated rings. The van der Waals surface area contributed by atoms with E-state index in [-0.39, 0.29) is 5.75 Å². The van der Waals surface area contributed by atoms with Crippen LogP contribution in [0.4, 0.5) is 0 Å². The summed E-state index contributed by atoms with van der Waals surface area (Å²) in [5, 5.41) is 16.8. The monoisotopic (exact) mass is 397 g/mol. The smallest absolute Gasteiger partial charge is 0.191 e. The molecule has 2 aromatic rings. The average molecular weight is 398 g/mol. The molecule has 0 radical (unpaired) electrons. The number of phenolic OH excluding ortho intramolecular Hbond substituents is 1. The number of aromatic hydroxyl groups is 1. The number of nitrogens with one attached hydrogen (secondary N) is 2. The van der Waals surface area contributed by atoms with Crippen molar-refractivity contribution in [1.29, 1.82) is 0 Å². The highest BCUT2D eigenvalue weighted by atomic mass is 16.5. The van der Waals surface area contributed by atoms with Crippen molar-refractivity contribution in [2.75, 3.05) is 26.8 Å². The number of phenols is 1. The maximum absolute atomic E-state index is 10.2. The van der Waals surface area contributed by atoms with Gasteiger partial charge in [-0.1, -0.05) is 30.3 Å². The van der Waals surface area contributed by atoms with E-state index in [1.165, 1.54) is 12.8 Å². The zero-order valence-corrected chi connectivity index (χ0v) is 17.3. The van der Waals surface area contributed by atoms with Crippen LogP contribution in [0.1, 0.15) is 30.9 Å². The van der Waals surface area contributed by atoms with Crippen molar-refractivity contribution in [3.05, 3.63) is 53.6 Å². The molecule has 1 aliphatic carbocycles. The number of hydrogen-bond donors (Lipinski definition) is 3. The van der Waals surface area contributed by atoms with E-state index in [9.17, 15) is 5.11 Å². The first-order valence-corrected chi connectivity index (χ1v) is 10.3. The molecule has 0 atom stereocenters. The molecule has 0 saturated heterocycles. The van der Waals surface area contributed by atoms with Crippen molar-refractivity contribution in [2.24, 2.45) is 10.9 Å². The Morgan fingerprint density at radius 3 is 2.59 bits per heavy atom.